The van der Waals surface area contributed by atoms with Gasteiger partial charge in [-0.1, -0.05) is 0 Å². The predicted octanol–water partition coefficient (Wildman–Crippen LogP) is -6.39. The van der Waals surface area contributed by atoms with Crippen LogP contribution in [0.4, 0.5) is 0 Å². The van der Waals surface area contributed by atoms with E-state index in [2.05, 4.69) is 11.7 Å². The van der Waals surface area contributed by atoms with Crippen molar-refractivity contribution in [2.24, 2.45) is 0 Å². The van der Waals surface area contributed by atoms with Gasteiger partial charge in [0.1, 0.15) is 0 Å². The van der Waals surface area contributed by atoms with Crippen LogP contribution >= 0.6 is 0 Å². The van der Waals surface area contributed by atoms with Crippen molar-refractivity contribution in [1.82, 2.24) is 0 Å². The van der Waals surface area contributed by atoms with E-state index < -0.39 is 43.0 Å². The van der Waals surface area contributed by atoms with Gasteiger partial charge in [0.25, 0.3) is 0 Å². The van der Waals surface area contributed by atoms with Crippen molar-refractivity contribution < 1.29 is 63.3 Å². The van der Waals surface area contributed by atoms with Crippen LogP contribution in [0.1, 0.15) is 0 Å². The fraction of sp³-hybridized carbons (Fsp3) is 0. The van der Waals surface area contributed by atoms with Crippen molar-refractivity contribution in [2.75, 3.05) is 0 Å². The molecule has 13 heteroatoms. The van der Waals surface area contributed by atoms with Gasteiger partial charge in [-0.2, -0.15) is 0 Å². The van der Waals surface area contributed by atoms with Crippen molar-refractivity contribution in [3.63, 3.8) is 0 Å². The Kier molecular flexibility index (Phi) is 11.3. The first-order valence-corrected chi connectivity index (χ1v) is 6.93. The molecular formula is AlNaO8Si3. The number of hydrogen-bond donors (Lipinski definition) is 0. The van der Waals surface area contributed by atoms with Crippen LogP contribution < -0.4 is 34.4 Å². The van der Waals surface area contributed by atoms with Gasteiger partial charge in [0.05, 0.1) is 0 Å². The maximum absolute atomic E-state index is 10.4. The zero-order valence-corrected chi connectivity index (χ0v) is 12.5. The number of hydrogen-bond acceptors (Lipinski definition) is 8. The van der Waals surface area contributed by atoms with Crippen molar-refractivity contribution in [3.05, 3.63) is 0 Å². The van der Waals surface area contributed by atoms with Crippen LogP contribution in [0.2, 0.25) is 0 Å². The normalized spacial score (nSPS) is 7.08. The fourth-order valence-electron chi connectivity index (χ4n) is 0.220. The Bertz CT molecular complexity index is 225. The summed E-state index contributed by atoms with van der Waals surface area (Å²) in [5, 5.41) is 0. The molecule has 0 aliphatic carbocycles. The Morgan fingerprint density at radius 1 is 1.08 bits per heavy atom. The Balaban J connectivity index is 0. The van der Waals surface area contributed by atoms with Gasteiger partial charge in [0.2, 0.25) is 0 Å². The fourth-order valence-corrected chi connectivity index (χ4v) is 2.79. The second-order valence-corrected chi connectivity index (χ2v) is 5.44. The Hall–Kier alpha value is 0.583. The third kappa shape index (κ3) is 10.5. The summed E-state index contributed by atoms with van der Waals surface area (Å²) in [6, 6.07) is 0. The molecule has 0 rings (SSSR count). The Labute approximate surface area is 105 Å². The molecule has 0 amide bonds. The minimum atomic E-state index is -3.64. The zero-order valence-electron chi connectivity index (χ0n) is 6.34. The average molecular weight is 262 g/mol. The van der Waals surface area contributed by atoms with Gasteiger partial charge in [-0.05, 0) is 0 Å². The molecule has 0 aliphatic heterocycles. The van der Waals surface area contributed by atoms with E-state index in [4.69, 9.17) is 0 Å². The molecule has 0 heterocycles. The molecule has 0 N–H and O–H groups in total. The zero-order chi connectivity index (χ0) is 9.56. The first-order chi connectivity index (χ1) is 5.56. The van der Waals surface area contributed by atoms with E-state index in [1.807, 2.05) is 0 Å². The first kappa shape index (κ1) is 16.0. The summed E-state index contributed by atoms with van der Waals surface area (Å²) >= 11 is -1.75. The molecule has 0 unspecified atom stereocenters. The van der Waals surface area contributed by atoms with Gasteiger partial charge in [0.15, 0.2) is 0 Å². The van der Waals surface area contributed by atoms with E-state index in [9.17, 15) is 22.0 Å². The van der Waals surface area contributed by atoms with E-state index in [0.717, 1.165) is 0 Å². The minimum absolute atomic E-state index is 0. The standard InChI is InChI=1S/Al.Na.O7Si3.O/c;;1-8(2)6-10(5)7-9(3)4;/q2*+1;-2;. The molecule has 0 aliphatic rings. The molecule has 0 spiro atoms. The molecule has 13 heavy (non-hydrogen) atoms. The van der Waals surface area contributed by atoms with Gasteiger partial charge >= 0.3 is 106 Å². The molecule has 0 radical (unpaired) electrons. The van der Waals surface area contributed by atoms with E-state index >= 15 is 0 Å². The molecule has 0 aromatic heterocycles. The molecule has 0 bridgehead atoms. The SMILES string of the molecule is [Na+].[O]=[Al][O][Si](=O)O[Si](=O)O[Si](=O)[O-]. The third-order valence-corrected chi connectivity index (χ3v) is 4.30. The van der Waals surface area contributed by atoms with Crippen LogP contribution in [0, 0.1) is 0 Å². The van der Waals surface area contributed by atoms with E-state index in [1.165, 1.54) is 0 Å². The molecule has 0 atom stereocenters. The topological polar surface area (TPSA) is 119 Å². The molecule has 64 valence electrons. The van der Waals surface area contributed by atoms with E-state index in [-0.39, 0.29) is 29.6 Å². The van der Waals surface area contributed by atoms with Gasteiger partial charge in [-0.25, -0.2) is 0 Å². The van der Waals surface area contributed by atoms with Crippen LogP contribution in [0.3, 0.4) is 0 Å². The Morgan fingerprint density at radius 3 is 2.00 bits per heavy atom. The van der Waals surface area contributed by atoms with Crippen molar-refractivity contribution in [3.8, 4) is 0 Å². The molecule has 0 aromatic rings. The van der Waals surface area contributed by atoms with Crippen LogP contribution in [0.25, 0.3) is 0 Å². The quantitative estimate of drug-likeness (QED) is 0.433. The molecule has 0 fully saturated rings. The summed E-state index contributed by atoms with van der Waals surface area (Å²) in [5.41, 5.74) is 0. The second-order valence-electron chi connectivity index (χ2n) is 1.17. The molecule has 8 nitrogen and oxygen atoms in total. The molecule has 0 aromatic carbocycles. The van der Waals surface area contributed by atoms with Crippen molar-refractivity contribution in [1.29, 1.82) is 0 Å². The van der Waals surface area contributed by atoms with Crippen molar-refractivity contribution >= 4 is 43.0 Å². The molecule has 0 saturated heterocycles. The monoisotopic (exact) mass is 262 g/mol. The summed E-state index contributed by atoms with van der Waals surface area (Å²) in [6.45, 7) is 0. The van der Waals surface area contributed by atoms with Gasteiger partial charge < -0.3 is 0 Å². The summed E-state index contributed by atoms with van der Waals surface area (Å²) in [7, 11) is -10.2. The van der Waals surface area contributed by atoms with E-state index in [1.54, 1.807) is 0 Å². The molecule has 0 saturated carbocycles. The predicted molar refractivity (Wildman–Crippen MR) is 29.0 cm³/mol. The van der Waals surface area contributed by atoms with Crippen LogP contribution in [0.5, 0.6) is 0 Å². The van der Waals surface area contributed by atoms with Crippen LogP contribution in [0.15, 0.2) is 0 Å². The Morgan fingerprint density at radius 2 is 1.62 bits per heavy atom. The maximum atomic E-state index is 10.4. The van der Waals surface area contributed by atoms with Crippen LogP contribution in [-0.4, -0.2) is 43.0 Å². The van der Waals surface area contributed by atoms with E-state index in [0.29, 0.717) is 0 Å². The average Bonchev–Trinajstić information content (AvgIpc) is 1.84. The van der Waals surface area contributed by atoms with Crippen LogP contribution in [-0.2, 0) is 28.9 Å². The summed E-state index contributed by atoms with van der Waals surface area (Å²) in [5.74, 6) is 0. The summed E-state index contributed by atoms with van der Waals surface area (Å²) in [4.78, 5) is 9.76. The van der Waals surface area contributed by atoms with Gasteiger partial charge in [-0.3, -0.25) is 0 Å². The van der Waals surface area contributed by atoms with Gasteiger partial charge in [-0.15, -0.1) is 0 Å². The molecular weight excluding hydrogens is 262 g/mol. The summed E-state index contributed by atoms with van der Waals surface area (Å²) in [6.07, 6.45) is 0. The number of rotatable bonds is 6. The van der Waals surface area contributed by atoms with Gasteiger partial charge in [0, 0.05) is 0 Å². The first-order valence-electron chi connectivity index (χ1n) is 2.31. The second kappa shape index (κ2) is 9.15. The summed E-state index contributed by atoms with van der Waals surface area (Å²) < 4.78 is 51.6. The van der Waals surface area contributed by atoms with Crippen molar-refractivity contribution in [2.45, 2.75) is 0 Å². The third-order valence-electron chi connectivity index (χ3n) is 0.478.